The summed E-state index contributed by atoms with van der Waals surface area (Å²) in [5.74, 6) is 7.36. The number of aromatic nitrogens is 2. The number of hydrogen-bond donors (Lipinski definition) is 2. The first-order valence-corrected chi connectivity index (χ1v) is 7.35. The Morgan fingerprint density at radius 1 is 1.30 bits per heavy atom. The second-order valence-electron chi connectivity index (χ2n) is 5.69. The lowest BCUT2D eigenvalue weighted by molar-refractivity contribution is 0.169. The molecule has 0 radical (unpaired) electrons. The van der Waals surface area contributed by atoms with Gasteiger partial charge in [0.25, 0.3) is 0 Å². The average Bonchev–Trinajstić information content (AvgIpc) is 2.44. The first kappa shape index (κ1) is 15.0. The molecule has 1 aromatic heterocycles. The quantitative estimate of drug-likeness (QED) is 0.638. The van der Waals surface area contributed by atoms with Crippen molar-refractivity contribution in [2.24, 2.45) is 5.84 Å². The molecule has 0 saturated carbocycles. The van der Waals surface area contributed by atoms with E-state index in [0.29, 0.717) is 12.1 Å². The number of rotatable bonds is 4. The fraction of sp³-hybridized carbons (Fsp3) is 0.714. The second-order valence-corrected chi connectivity index (χ2v) is 5.69. The van der Waals surface area contributed by atoms with E-state index in [1.54, 1.807) is 6.33 Å². The highest BCUT2D eigenvalue weighted by atomic mass is 15.3. The van der Waals surface area contributed by atoms with Crippen molar-refractivity contribution in [3.05, 3.63) is 11.9 Å². The van der Waals surface area contributed by atoms with Crippen molar-refractivity contribution in [1.82, 2.24) is 14.9 Å². The van der Waals surface area contributed by atoms with Gasteiger partial charge in [-0.2, -0.15) is 0 Å². The molecule has 2 rings (SSSR count). The molecule has 0 amide bonds. The third-order valence-electron chi connectivity index (χ3n) is 4.22. The Labute approximate surface area is 121 Å². The third kappa shape index (κ3) is 2.86. The zero-order valence-corrected chi connectivity index (χ0v) is 12.9. The molecule has 20 heavy (non-hydrogen) atoms. The van der Waals surface area contributed by atoms with E-state index < -0.39 is 0 Å². The maximum atomic E-state index is 5.59. The van der Waals surface area contributed by atoms with Gasteiger partial charge in [0.1, 0.15) is 18.0 Å². The van der Waals surface area contributed by atoms with E-state index in [0.717, 1.165) is 43.1 Å². The molecule has 0 aromatic carbocycles. The van der Waals surface area contributed by atoms with Crippen LogP contribution in [0.5, 0.6) is 0 Å². The van der Waals surface area contributed by atoms with Gasteiger partial charge < -0.3 is 10.3 Å². The maximum Gasteiger partial charge on any atom is 0.148 e. The summed E-state index contributed by atoms with van der Waals surface area (Å²) in [5, 5.41) is 0. The molecule has 1 aliphatic rings. The van der Waals surface area contributed by atoms with Gasteiger partial charge in [0.05, 0.1) is 0 Å². The largest absolute Gasteiger partial charge is 0.353 e. The number of hydrogen-bond acceptors (Lipinski definition) is 6. The zero-order valence-electron chi connectivity index (χ0n) is 12.9. The molecule has 1 fully saturated rings. The summed E-state index contributed by atoms with van der Waals surface area (Å²) in [5.41, 5.74) is 3.83. The van der Waals surface area contributed by atoms with E-state index in [4.69, 9.17) is 5.84 Å². The van der Waals surface area contributed by atoms with Crippen LogP contribution in [0.4, 0.5) is 11.6 Å². The molecular formula is C14H26N6. The van der Waals surface area contributed by atoms with E-state index in [9.17, 15) is 0 Å². The zero-order chi connectivity index (χ0) is 14.7. The number of hydrazine groups is 1. The average molecular weight is 278 g/mol. The Kier molecular flexibility index (Phi) is 4.77. The molecule has 0 bridgehead atoms. The van der Waals surface area contributed by atoms with Crippen LogP contribution < -0.4 is 16.2 Å². The Morgan fingerprint density at radius 2 is 1.95 bits per heavy atom. The standard InChI is InChI=1S/C14H26N6/c1-5-6-12-13(18-15)16-9-17-14(12)20-7-10(2)19(4)11(3)8-20/h9-11H,5-8,15H2,1-4H3,(H,16,17,18). The Balaban J connectivity index is 2.32. The van der Waals surface area contributed by atoms with Crippen LogP contribution in [0, 0.1) is 0 Å². The molecule has 0 spiro atoms. The normalized spacial score (nSPS) is 23.9. The van der Waals surface area contributed by atoms with Gasteiger partial charge in [0.2, 0.25) is 0 Å². The van der Waals surface area contributed by atoms with Crippen molar-refractivity contribution in [1.29, 1.82) is 0 Å². The lowest BCUT2D eigenvalue weighted by Gasteiger charge is -2.43. The summed E-state index contributed by atoms with van der Waals surface area (Å²) >= 11 is 0. The molecule has 6 nitrogen and oxygen atoms in total. The predicted octanol–water partition coefficient (Wildman–Crippen LogP) is 1.24. The first-order chi connectivity index (χ1) is 9.58. The van der Waals surface area contributed by atoms with Gasteiger partial charge in [0.15, 0.2) is 0 Å². The van der Waals surface area contributed by atoms with Crippen LogP contribution in [0.3, 0.4) is 0 Å². The Bertz CT molecular complexity index is 437. The molecule has 2 heterocycles. The molecule has 2 atom stereocenters. The summed E-state index contributed by atoms with van der Waals surface area (Å²) in [6.07, 6.45) is 3.58. The number of nitrogen functional groups attached to an aromatic ring is 1. The van der Waals surface area contributed by atoms with Gasteiger partial charge in [-0.05, 0) is 27.3 Å². The molecule has 1 aliphatic heterocycles. The molecule has 2 unspecified atom stereocenters. The van der Waals surface area contributed by atoms with Crippen LogP contribution in [0.1, 0.15) is 32.8 Å². The van der Waals surface area contributed by atoms with E-state index >= 15 is 0 Å². The van der Waals surface area contributed by atoms with E-state index in [1.807, 2.05) is 0 Å². The van der Waals surface area contributed by atoms with Crippen molar-refractivity contribution in [2.75, 3.05) is 30.5 Å². The molecule has 1 saturated heterocycles. The van der Waals surface area contributed by atoms with Gasteiger partial charge in [-0.1, -0.05) is 13.3 Å². The topological polar surface area (TPSA) is 70.3 Å². The second kappa shape index (κ2) is 6.37. The van der Waals surface area contributed by atoms with Crippen LogP contribution in [-0.4, -0.2) is 47.1 Å². The minimum absolute atomic E-state index is 0.512. The molecule has 6 heteroatoms. The summed E-state index contributed by atoms with van der Waals surface area (Å²) < 4.78 is 0. The van der Waals surface area contributed by atoms with Crippen LogP contribution in [-0.2, 0) is 6.42 Å². The molecule has 1 aromatic rings. The molecule has 112 valence electrons. The van der Waals surface area contributed by atoms with Crippen LogP contribution in [0.25, 0.3) is 0 Å². The minimum atomic E-state index is 0.512. The van der Waals surface area contributed by atoms with Crippen molar-refractivity contribution >= 4 is 11.6 Å². The van der Waals surface area contributed by atoms with E-state index in [2.05, 4.69) is 53.0 Å². The van der Waals surface area contributed by atoms with Crippen molar-refractivity contribution in [3.8, 4) is 0 Å². The number of anilines is 2. The lowest BCUT2D eigenvalue weighted by Crippen LogP contribution is -2.55. The summed E-state index contributed by atoms with van der Waals surface area (Å²) in [6, 6.07) is 1.02. The van der Waals surface area contributed by atoms with Gasteiger partial charge in [-0.25, -0.2) is 15.8 Å². The molecular weight excluding hydrogens is 252 g/mol. The maximum absolute atomic E-state index is 5.59. The van der Waals surface area contributed by atoms with Crippen molar-refractivity contribution < 1.29 is 0 Å². The van der Waals surface area contributed by atoms with Crippen molar-refractivity contribution in [3.63, 3.8) is 0 Å². The van der Waals surface area contributed by atoms with Crippen LogP contribution in [0.2, 0.25) is 0 Å². The molecule has 3 N–H and O–H groups in total. The SMILES string of the molecule is CCCc1c(NN)ncnc1N1CC(C)N(C)C(C)C1. The number of nitrogens with one attached hydrogen (secondary N) is 1. The number of nitrogens with zero attached hydrogens (tertiary/aromatic N) is 4. The Hall–Kier alpha value is -1.40. The minimum Gasteiger partial charge on any atom is -0.353 e. The summed E-state index contributed by atoms with van der Waals surface area (Å²) in [4.78, 5) is 13.5. The number of likely N-dealkylation sites (N-methyl/N-ethyl adjacent to an activating group) is 1. The summed E-state index contributed by atoms with van der Waals surface area (Å²) in [6.45, 7) is 8.64. The highest BCUT2D eigenvalue weighted by Crippen LogP contribution is 2.27. The van der Waals surface area contributed by atoms with Crippen LogP contribution in [0.15, 0.2) is 6.33 Å². The van der Waals surface area contributed by atoms with Crippen LogP contribution >= 0.6 is 0 Å². The predicted molar refractivity (Wildman–Crippen MR) is 82.7 cm³/mol. The van der Waals surface area contributed by atoms with E-state index in [-0.39, 0.29) is 0 Å². The van der Waals surface area contributed by atoms with Gasteiger partial charge in [-0.3, -0.25) is 4.90 Å². The van der Waals surface area contributed by atoms with E-state index in [1.165, 1.54) is 0 Å². The number of piperazine rings is 1. The monoisotopic (exact) mass is 278 g/mol. The summed E-state index contributed by atoms with van der Waals surface area (Å²) in [7, 11) is 2.19. The highest BCUT2D eigenvalue weighted by Gasteiger charge is 2.29. The van der Waals surface area contributed by atoms with Crippen molar-refractivity contribution in [2.45, 2.75) is 45.7 Å². The smallest absolute Gasteiger partial charge is 0.148 e. The lowest BCUT2D eigenvalue weighted by atomic mass is 10.1. The Morgan fingerprint density at radius 3 is 2.50 bits per heavy atom. The third-order valence-corrected chi connectivity index (χ3v) is 4.22. The van der Waals surface area contributed by atoms with Gasteiger partial charge in [-0.15, -0.1) is 0 Å². The first-order valence-electron chi connectivity index (χ1n) is 7.35. The fourth-order valence-electron chi connectivity index (χ4n) is 2.86. The van der Waals surface area contributed by atoms with Gasteiger partial charge >= 0.3 is 0 Å². The highest BCUT2D eigenvalue weighted by molar-refractivity contribution is 5.58. The molecule has 0 aliphatic carbocycles. The fourth-order valence-corrected chi connectivity index (χ4v) is 2.86. The number of nitrogens with two attached hydrogens (primary N) is 1. The van der Waals surface area contributed by atoms with Gasteiger partial charge in [0, 0.05) is 30.7 Å².